The molecular weight excluding hydrogens is 660 g/mol. The number of ether oxygens (including phenoxy) is 2. The highest BCUT2D eigenvalue weighted by Gasteiger charge is 2.42. The molecule has 1 N–H and O–H groups in total. The molecule has 3 aliphatic heterocycles. The number of aryl methyl sites for hydroxylation is 1. The van der Waals surface area contributed by atoms with E-state index in [-0.39, 0.29) is 23.5 Å². The van der Waals surface area contributed by atoms with Crippen LogP contribution in [0, 0.1) is 23.7 Å². The molecule has 1 aliphatic carbocycles. The van der Waals surface area contributed by atoms with Crippen LogP contribution in [0.3, 0.4) is 0 Å². The van der Waals surface area contributed by atoms with Gasteiger partial charge in [0.1, 0.15) is 11.1 Å². The maximum Gasteiger partial charge on any atom is 0.318 e. The fraction of sp³-hybridized carbons (Fsp3) is 0.579. The van der Waals surface area contributed by atoms with Crippen molar-refractivity contribution in [2.45, 2.75) is 83.2 Å². The lowest BCUT2D eigenvalue weighted by atomic mass is 9.71. The second kappa shape index (κ2) is 15.4. The van der Waals surface area contributed by atoms with Gasteiger partial charge in [0.15, 0.2) is 0 Å². The summed E-state index contributed by atoms with van der Waals surface area (Å²) in [6.45, 7) is 9.17. The number of hydrogen-bond donors (Lipinski definition) is 2. The molecule has 3 amide bonds. The molecule has 5 atom stereocenters. The Bertz CT molecular complexity index is 1650. The van der Waals surface area contributed by atoms with Crippen molar-refractivity contribution in [2.75, 3.05) is 38.3 Å². The number of thiol groups is 1. The number of allylic oxidation sites excluding steroid dienone is 2. The lowest BCUT2D eigenvalue weighted by Crippen LogP contribution is -2.61. The predicted molar refractivity (Wildman–Crippen MR) is 196 cm³/mol. The van der Waals surface area contributed by atoms with Crippen molar-refractivity contribution < 1.29 is 23.3 Å². The molecule has 1 saturated carbocycles. The van der Waals surface area contributed by atoms with E-state index in [1.54, 1.807) is 18.1 Å². The Labute approximate surface area is 297 Å². The minimum atomic E-state index is -2.47. The highest BCUT2D eigenvalue weighted by molar-refractivity contribution is 7.76. The molecule has 3 heterocycles. The fourth-order valence-electron chi connectivity index (χ4n) is 7.33. The van der Waals surface area contributed by atoms with Gasteiger partial charge in [-0.1, -0.05) is 36.7 Å². The van der Waals surface area contributed by atoms with Gasteiger partial charge in [-0.2, -0.15) is 4.36 Å². The average Bonchev–Trinajstić information content (AvgIpc) is 3.06. The van der Waals surface area contributed by atoms with Crippen molar-refractivity contribution in [2.24, 2.45) is 28.0 Å². The number of likely N-dealkylation sites (tertiary alicyclic amines) is 1. The first kappa shape index (κ1) is 35.7. The summed E-state index contributed by atoms with van der Waals surface area (Å²) in [5.41, 5.74) is 3.32. The third kappa shape index (κ3) is 8.29. The first-order valence-electron chi connectivity index (χ1n) is 17.8. The number of benzene rings is 2. The van der Waals surface area contributed by atoms with Crippen LogP contribution < -0.4 is 15.0 Å². The number of methoxy groups -OCH3 is 1. The largest absolute Gasteiger partial charge is 0.491 e. The number of carbonyl (C=O) groups excluding carboxylic acids is 2. The van der Waals surface area contributed by atoms with Crippen LogP contribution in [0.15, 0.2) is 52.9 Å². The standard InChI is InChI=1S/C38H51ClN4O5S/c1-25-9-5-6-10-26-12-13-29(26)21-42-22-30-14-16-32(39)19-27(30)11-7-8-18-48-34-17-15-28(20-33(34)42)35(44)41-49(46)36(25)40-37(45)43-23-31(24-43)38(2,3)47-4/h5-6,14-17,19-20,25-26,29,31,36,49H,7-13,18,21-24H2,1-4H3,(H,40,45)/b6-5+/t25-,26+,29-,36?/m0/s1. The van der Waals surface area contributed by atoms with Gasteiger partial charge in [0.2, 0.25) is 0 Å². The molecule has 9 nitrogen and oxygen atoms in total. The lowest BCUT2D eigenvalue weighted by Gasteiger charge is -2.47. The summed E-state index contributed by atoms with van der Waals surface area (Å²) in [4.78, 5) is 31.2. The Morgan fingerprint density at radius 1 is 1.04 bits per heavy atom. The van der Waals surface area contributed by atoms with Crippen molar-refractivity contribution in [3.63, 3.8) is 0 Å². The first-order valence-corrected chi connectivity index (χ1v) is 19.5. The summed E-state index contributed by atoms with van der Waals surface area (Å²) < 4.78 is 30.1. The van der Waals surface area contributed by atoms with E-state index in [1.807, 2.05) is 39.0 Å². The molecule has 6 rings (SSSR count). The van der Waals surface area contributed by atoms with Gasteiger partial charge in [0.25, 0.3) is 5.91 Å². The third-order valence-corrected chi connectivity index (χ3v) is 13.0. The molecule has 0 aromatic heterocycles. The van der Waals surface area contributed by atoms with E-state index >= 15 is 0 Å². The second-order valence-electron chi connectivity index (χ2n) is 14.8. The topological polar surface area (TPSA) is 101 Å². The van der Waals surface area contributed by atoms with Crippen molar-refractivity contribution in [3.05, 3.63) is 70.3 Å². The van der Waals surface area contributed by atoms with Gasteiger partial charge in [-0.15, -0.1) is 0 Å². The molecule has 2 aromatic rings. The predicted octanol–water partition coefficient (Wildman–Crippen LogP) is 7.27. The molecular formula is C38H51ClN4O5S. The number of anilines is 1. The summed E-state index contributed by atoms with van der Waals surface area (Å²) in [6.07, 6.45) is 11.1. The monoisotopic (exact) mass is 710 g/mol. The van der Waals surface area contributed by atoms with Crippen molar-refractivity contribution in [1.82, 2.24) is 10.2 Å². The number of amides is 3. The number of halogens is 1. The number of urea groups is 1. The third-order valence-electron chi connectivity index (χ3n) is 11.2. The normalized spacial score (nSPS) is 27.9. The molecule has 0 radical (unpaired) electrons. The summed E-state index contributed by atoms with van der Waals surface area (Å²) in [5.74, 6) is 1.24. The van der Waals surface area contributed by atoms with Gasteiger partial charge >= 0.3 is 6.03 Å². The number of rotatable bonds is 3. The Morgan fingerprint density at radius 2 is 1.82 bits per heavy atom. The first-order chi connectivity index (χ1) is 23.5. The van der Waals surface area contributed by atoms with Gasteiger partial charge in [-0.25, -0.2) is 4.79 Å². The molecule has 266 valence electrons. The number of nitrogens with one attached hydrogen (secondary N) is 1. The number of carbonyl (C=O) groups is 2. The van der Waals surface area contributed by atoms with E-state index in [2.05, 4.69) is 38.9 Å². The zero-order chi connectivity index (χ0) is 34.7. The van der Waals surface area contributed by atoms with Crippen molar-refractivity contribution in [3.8, 4) is 5.75 Å². The zero-order valence-electron chi connectivity index (χ0n) is 29.2. The minimum Gasteiger partial charge on any atom is -0.491 e. The van der Waals surface area contributed by atoms with Crippen molar-refractivity contribution in [1.29, 1.82) is 0 Å². The quantitative estimate of drug-likeness (QED) is 0.257. The highest BCUT2D eigenvalue weighted by atomic mass is 35.5. The molecule has 11 heteroatoms. The number of hydrogen-bond acceptors (Lipinski definition) is 6. The summed E-state index contributed by atoms with van der Waals surface area (Å²) in [7, 11) is -0.786. The summed E-state index contributed by atoms with van der Waals surface area (Å²) in [6, 6.07) is 11.3. The van der Waals surface area contributed by atoms with Crippen LogP contribution >= 0.6 is 11.6 Å². The van der Waals surface area contributed by atoms with Crippen LogP contribution in [0.5, 0.6) is 5.75 Å². The van der Waals surface area contributed by atoms with Crippen LogP contribution in [-0.4, -0.2) is 65.4 Å². The molecule has 1 saturated heterocycles. The maximum absolute atomic E-state index is 13.9. The van der Waals surface area contributed by atoms with Crippen LogP contribution in [0.1, 0.15) is 80.8 Å². The van der Waals surface area contributed by atoms with Crippen molar-refractivity contribution >= 4 is 39.8 Å². The van der Waals surface area contributed by atoms with Gasteiger partial charge in [-0.3, -0.25) is 9.00 Å². The minimum absolute atomic E-state index is 0.192. The van der Waals surface area contributed by atoms with Crippen LogP contribution in [-0.2, 0) is 28.3 Å². The highest BCUT2D eigenvalue weighted by Crippen LogP contribution is 2.41. The van der Waals surface area contributed by atoms with Gasteiger partial charge in [0, 0.05) is 49.8 Å². The smallest absolute Gasteiger partial charge is 0.318 e. The number of fused-ring (bicyclic) bond motifs is 3. The van der Waals surface area contributed by atoms with Crippen LogP contribution in [0.25, 0.3) is 0 Å². The van der Waals surface area contributed by atoms with E-state index in [9.17, 15) is 13.8 Å². The van der Waals surface area contributed by atoms with E-state index < -0.39 is 21.9 Å². The molecule has 2 unspecified atom stereocenters. The molecule has 4 aliphatic rings. The van der Waals surface area contributed by atoms with Gasteiger partial charge < -0.3 is 24.6 Å². The van der Waals surface area contributed by atoms with E-state index in [1.165, 1.54) is 17.5 Å². The van der Waals surface area contributed by atoms with Crippen LogP contribution in [0.4, 0.5) is 10.5 Å². The fourth-order valence-corrected chi connectivity index (χ4v) is 8.72. The molecule has 2 bridgehead atoms. The van der Waals surface area contributed by atoms with Crippen LogP contribution in [0.2, 0.25) is 5.02 Å². The SMILES string of the molecule is COC(C)(C)C1CN(C(=O)NC2[C@@H](C)C/C=C/C[C@@H]3CC[C@H]3CN3Cc4ccc(Cl)cc4CCCCOc4ccc(cc43)C(=O)/N=[SH]\2=O)C1. The van der Waals surface area contributed by atoms with Gasteiger partial charge in [-0.05, 0) is 118 Å². The Kier molecular flexibility index (Phi) is 11.3. The van der Waals surface area contributed by atoms with E-state index in [0.717, 1.165) is 55.1 Å². The summed E-state index contributed by atoms with van der Waals surface area (Å²) in [5, 5.41) is 2.94. The van der Waals surface area contributed by atoms with E-state index in [0.29, 0.717) is 50.1 Å². The molecule has 2 fully saturated rings. The van der Waals surface area contributed by atoms with E-state index in [4.69, 9.17) is 21.1 Å². The Morgan fingerprint density at radius 3 is 2.57 bits per heavy atom. The average molecular weight is 711 g/mol. The molecule has 0 spiro atoms. The zero-order valence-corrected chi connectivity index (χ0v) is 30.8. The number of nitrogens with zero attached hydrogens (tertiary/aromatic N) is 3. The Hall–Kier alpha value is -3.08. The molecule has 49 heavy (non-hydrogen) atoms. The lowest BCUT2D eigenvalue weighted by molar-refractivity contribution is -0.0751. The van der Waals surface area contributed by atoms with Gasteiger partial charge in [0.05, 0.1) is 28.5 Å². The Balaban J connectivity index is 1.33. The molecule has 2 aromatic carbocycles. The second-order valence-corrected chi connectivity index (χ2v) is 16.6. The maximum atomic E-state index is 13.9. The summed E-state index contributed by atoms with van der Waals surface area (Å²) >= 11 is 6.44.